The molecule has 2 fully saturated rings. The number of hydrogen-bond acceptors (Lipinski definition) is 6. The van der Waals surface area contributed by atoms with Gasteiger partial charge in [0.05, 0.1) is 18.4 Å². The molecule has 2 aromatic rings. The Balaban J connectivity index is 1.62. The number of nitrogens with zero attached hydrogens (tertiary/aromatic N) is 3. The van der Waals surface area contributed by atoms with Crippen LogP contribution in [-0.2, 0) is 16.6 Å². The number of methoxy groups -OCH3 is 1. The molecular formula is C23H29N5O2. The van der Waals surface area contributed by atoms with Gasteiger partial charge in [-0.15, -0.1) is 5.10 Å². The van der Waals surface area contributed by atoms with Crippen LogP contribution in [-0.4, -0.2) is 34.3 Å². The van der Waals surface area contributed by atoms with Gasteiger partial charge in [0, 0.05) is 42.7 Å². The van der Waals surface area contributed by atoms with E-state index in [1.165, 1.54) is 44.8 Å². The Morgan fingerprint density at radius 2 is 2.10 bits per heavy atom. The molecule has 30 heavy (non-hydrogen) atoms. The topological polar surface area (TPSA) is 92.9 Å². The van der Waals surface area contributed by atoms with Crippen LogP contribution in [0.5, 0.6) is 0 Å². The average Bonchev–Trinajstić information content (AvgIpc) is 3.46. The van der Waals surface area contributed by atoms with Crippen molar-refractivity contribution in [2.45, 2.75) is 50.4 Å². The van der Waals surface area contributed by atoms with Crippen LogP contribution in [0.2, 0.25) is 0 Å². The molecule has 2 saturated carbocycles. The van der Waals surface area contributed by atoms with Crippen LogP contribution in [0.25, 0.3) is 0 Å². The summed E-state index contributed by atoms with van der Waals surface area (Å²) >= 11 is 0. The van der Waals surface area contributed by atoms with Gasteiger partial charge in [0.2, 0.25) is 0 Å². The fourth-order valence-electron chi connectivity index (χ4n) is 4.55. The number of ether oxygens (including phenoxy) is 1. The number of rotatable bonds is 7. The molecule has 2 aliphatic carbocycles. The lowest BCUT2D eigenvalue weighted by Crippen LogP contribution is -2.16. The number of nitrogens with one attached hydrogen (secondary N) is 2. The maximum atomic E-state index is 12.4. The van der Waals surface area contributed by atoms with Crippen molar-refractivity contribution in [2.24, 2.45) is 13.0 Å². The molecular weight excluding hydrogens is 378 g/mol. The Bertz CT molecular complexity index is 958. The Morgan fingerprint density at radius 1 is 1.30 bits per heavy atom. The zero-order chi connectivity index (χ0) is 21.1. The normalized spacial score (nSPS) is 22.2. The smallest absolute Gasteiger partial charge is 0.341 e. The number of benzene rings is 1. The highest BCUT2D eigenvalue weighted by Gasteiger charge is 2.45. The van der Waals surface area contributed by atoms with Gasteiger partial charge >= 0.3 is 5.97 Å². The first-order chi connectivity index (χ1) is 14.6. The maximum absolute atomic E-state index is 12.4. The molecule has 0 saturated heterocycles. The maximum Gasteiger partial charge on any atom is 0.341 e. The van der Waals surface area contributed by atoms with E-state index in [-0.39, 0.29) is 17.4 Å². The first-order valence-electron chi connectivity index (χ1n) is 10.7. The zero-order valence-electron chi connectivity index (χ0n) is 17.6. The Hall–Kier alpha value is -2.96. The summed E-state index contributed by atoms with van der Waals surface area (Å²) in [5, 5.41) is 19.6. The van der Waals surface area contributed by atoms with E-state index in [1.807, 2.05) is 19.3 Å². The second-order valence-electron chi connectivity index (χ2n) is 8.31. The van der Waals surface area contributed by atoms with Crippen LogP contribution in [0.15, 0.2) is 41.7 Å². The van der Waals surface area contributed by atoms with Crippen molar-refractivity contribution in [2.75, 3.05) is 12.4 Å². The lowest BCUT2D eigenvalue weighted by atomic mass is 9.84. The predicted octanol–water partition coefficient (Wildman–Crippen LogP) is 4.16. The van der Waals surface area contributed by atoms with Gasteiger partial charge in [-0.3, -0.25) is 4.68 Å². The van der Waals surface area contributed by atoms with Crippen molar-refractivity contribution < 1.29 is 9.53 Å². The summed E-state index contributed by atoms with van der Waals surface area (Å²) in [6, 6.07) is 8.47. The number of esters is 1. The van der Waals surface area contributed by atoms with Gasteiger partial charge in [0.1, 0.15) is 0 Å². The van der Waals surface area contributed by atoms with E-state index >= 15 is 0 Å². The number of anilines is 1. The van der Waals surface area contributed by atoms with Gasteiger partial charge in [0.15, 0.2) is 0 Å². The molecule has 4 rings (SSSR count). The Morgan fingerprint density at radius 3 is 2.77 bits per heavy atom. The van der Waals surface area contributed by atoms with Gasteiger partial charge in [-0.2, -0.15) is 0 Å². The van der Waals surface area contributed by atoms with Crippen LogP contribution < -0.4 is 5.32 Å². The third kappa shape index (κ3) is 4.30. The molecule has 0 spiro atoms. The predicted molar refractivity (Wildman–Crippen MR) is 116 cm³/mol. The highest BCUT2D eigenvalue weighted by Crippen LogP contribution is 2.51. The van der Waals surface area contributed by atoms with Crippen molar-refractivity contribution in [1.82, 2.24) is 15.0 Å². The van der Waals surface area contributed by atoms with Crippen molar-refractivity contribution in [3.8, 4) is 0 Å². The third-order valence-corrected chi connectivity index (χ3v) is 6.24. The molecule has 2 aliphatic rings. The molecule has 2 unspecified atom stereocenters. The summed E-state index contributed by atoms with van der Waals surface area (Å²) in [6.07, 6.45) is 10.2. The van der Waals surface area contributed by atoms with Crippen LogP contribution in [0.4, 0.5) is 5.69 Å². The van der Waals surface area contributed by atoms with Crippen LogP contribution in [0.1, 0.15) is 61.6 Å². The fourth-order valence-corrected chi connectivity index (χ4v) is 4.55. The first-order valence-corrected chi connectivity index (χ1v) is 10.7. The molecule has 1 aromatic heterocycles. The number of hydrogen-bond donors (Lipinski definition) is 2. The number of aromatic nitrogens is 3. The minimum Gasteiger partial charge on any atom is -0.465 e. The largest absolute Gasteiger partial charge is 0.465 e. The van der Waals surface area contributed by atoms with Gasteiger partial charge in [-0.25, -0.2) is 4.79 Å². The van der Waals surface area contributed by atoms with E-state index in [0.29, 0.717) is 5.92 Å². The van der Waals surface area contributed by atoms with Crippen LogP contribution in [0, 0.1) is 11.3 Å². The van der Waals surface area contributed by atoms with Crippen LogP contribution in [0.3, 0.4) is 0 Å². The summed E-state index contributed by atoms with van der Waals surface area (Å²) < 4.78 is 6.63. The molecule has 7 nitrogen and oxygen atoms in total. The molecule has 1 aromatic carbocycles. The highest BCUT2D eigenvalue weighted by molar-refractivity contribution is 6.09. The average molecular weight is 408 g/mol. The number of carbonyl (C=O) groups is 1. The highest BCUT2D eigenvalue weighted by atomic mass is 16.5. The minimum absolute atomic E-state index is 0.0794. The van der Waals surface area contributed by atoms with E-state index in [1.54, 1.807) is 4.68 Å². The quantitative estimate of drug-likeness (QED) is 0.408. The number of aryl methyl sites for hydroxylation is 1. The van der Waals surface area contributed by atoms with E-state index in [4.69, 9.17) is 10.1 Å². The van der Waals surface area contributed by atoms with Gasteiger partial charge in [-0.05, 0) is 42.9 Å². The second kappa shape index (κ2) is 8.81. The molecule has 0 bridgehead atoms. The summed E-state index contributed by atoms with van der Waals surface area (Å²) in [5.74, 6) is 0.364. The summed E-state index contributed by atoms with van der Waals surface area (Å²) in [7, 11) is 3.19. The third-order valence-electron chi connectivity index (χ3n) is 6.24. The molecule has 2 atom stereocenters. The summed E-state index contributed by atoms with van der Waals surface area (Å²) in [4.78, 5) is 12.4. The van der Waals surface area contributed by atoms with Gasteiger partial charge in [-0.1, -0.05) is 36.6 Å². The van der Waals surface area contributed by atoms with Crippen LogP contribution >= 0.6 is 0 Å². The van der Waals surface area contributed by atoms with E-state index < -0.39 is 5.97 Å². The molecule has 158 valence electrons. The Labute approximate surface area is 177 Å². The van der Waals surface area contributed by atoms with E-state index in [2.05, 4.69) is 33.8 Å². The lowest BCUT2D eigenvalue weighted by Gasteiger charge is -2.23. The number of allylic oxidation sites excluding steroid dienone is 1. The minimum atomic E-state index is -0.499. The van der Waals surface area contributed by atoms with Gasteiger partial charge in [0.25, 0.3) is 0 Å². The van der Waals surface area contributed by atoms with Crippen molar-refractivity contribution in [3.63, 3.8) is 0 Å². The molecule has 0 aliphatic heterocycles. The molecule has 2 N–H and O–H groups in total. The fraction of sp³-hybridized carbons (Fsp3) is 0.478. The Kier molecular flexibility index (Phi) is 5.97. The van der Waals surface area contributed by atoms with Gasteiger partial charge < -0.3 is 15.5 Å². The lowest BCUT2D eigenvalue weighted by molar-refractivity contribution is -0.135. The van der Waals surface area contributed by atoms with Crippen molar-refractivity contribution in [1.29, 1.82) is 5.41 Å². The second-order valence-corrected chi connectivity index (χ2v) is 8.31. The number of carbonyl (C=O) groups excluding carboxylic acids is 1. The molecule has 0 amide bonds. The van der Waals surface area contributed by atoms with E-state index in [0.717, 1.165) is 29.7 Å². The SMILES string of the molecule is COC(=O)/C(C=N)=C(/Nc1cccc(C2CCCCC2)c1)C1CC1c1cn(C)nn1. The first kappa shape index (κ1) is 20.3. The van der Waals surface area contributed by atoms with E-state index in [9.17, 15) is 4.79 Å². The standard InChI is InChI=1S/C23H29N5O2/c1-28-14-21(26-27-28)18-12-19(18)22(20(13-24)23(29)30-2)25-17-10-6-9-16(11-17)15-7-4-3-5-8-15/h6,9-11,13-15,18-19,24-25H,3-5,7-8,12H2,1-2H3/b22-20+,24-13?. The molecule has 0 radical (unpaired) electrons. The molecule has 7 heteroatoms. The molecule has 1 heterocycles. The van der Waals surface area contributed by atoms with Crippen molar-refractivity contribution in [3.05, 3.63) is 53.0 Å². The summed E-state index contributed by atoms with van der Waals surface area (Å²) in [5.41, 5.74) is 4.19. The van der Waals surface area contributed by atoms with Crippen molar-refractivity contribution >= 4 is 17.9 Å². The zero-order valence-corrected chi connectivity index (χ0v) is 17.6. The monoisotopic (exact) mass is 407 g/mol. The summed E-state index contributed by atoms with van der Waals surface area (Å²) in [6.45, 7) is 0.